The number of rotatable bonds is 8. The minimum atomic E-state index is -1.86. The first-order chi connectivity index (χ1) is 20.3. The highest BCUT2D eigenvalue weighted by atomic mass is 35.5. The maximum atomic E-state index is 14.1. The molecular formula is C25H26BClFN5O10. The molecule has 4 rings (SSSR count). The molecule has 7 N–H and O–H groups in total. The smallest absolute Gasteiger partial charge is 0.534 e. The lowest BCUT2D eigenvalue weighted by Crippen LogP contribution is -2.60. The van der Waals surface area contributed by atoms with Gasteiger partial charge in [0.15, 0.2) is 11.5 Å². The van der Waals surface area contributed by atoms with E-state index in [1.54, 1.807) is 7.05 Å². The molecule has 0 spiro atoms. The Labute approximate surface area is 248 Å². The highest BCUT2D eigenvalue weighted by molar-refractivity contribution is 6.47. The maximum Gasteiger partial charge on any atom is 0.547 e. The summed E-state index contributed by atoms with van der Waals surface area (Å²) in [5, 5.41) is 46.9. The Morgan fingerprint density at radius 3 is 2.56 bits per heavy atom. The molecule has 1 unspecified atom stereocenters. The number of phenols is 2. The summed E-state index contributed by atoms with van der Waals surface area (Å²) >= 11 is 6.17. The third kappa shape index (κ3) is 6.28. The number of aromatic carboxylic acids is 1. The van der Waals surface area contributed by atoms with E-state index in [9.17, 15) is 48.7 Å². The zero-order valence-corrected chi connectivity index (χ0v) is 23.2. The summed E-state index contributed by atoms with van der Waals surface area (Å²) in [4.78, 5) is 65.3. The first-order valence-electron chi connectivity index (χ1n) is 12.8. The lowest BCUT2D eigenvalue weighted by Gasteiger charge is -2.34. The van der Waals surface area contributed by atoms with E-state index in [1.807, 2.05) is 0 Å². The minimum absolute atomic E-state index is 0.0290. The number of imide groups is 1. The predicted octanol–water partition coefficient (Wildman–Crippen LogP) is -0.631. The number of amides is 5. The number of carbonyl (C=O) groups is 5. The van der Waals surface area contributed by atoms with E-state index in [-0.39, 0.29) is 37.2 Å². The number of nitrogens with zero attached hydrogens (tertiary/aromatic N) is 2. The van der Waals surface area contributed by atoms with Gasteiger partial charge in [-0.2, -0.15) is 0 Å². The first-order valence-corrected chi connectivity index (χ1v) is 13.2. The van der Waals surface area contributed by atoms with Crippen LogP contribution in [-0.2, 0) is 20.8 Å². The Kier molecular flexibility index (Phi) is 9.27. The molecule has 0 saturated carbocycles. The molecule has 43 heavy (non-hydrogen) atoms. The van der Waals surface area contributed by atoms with Gasteiger partial charge in [0, 0.05) is 31.7 Å². The number of benzene rings is 2. The van der Waals surface area contributed by atoms with E-state index < -0.39 is 82.5 Å². The van der Waals surface area contributed by atoms with Gasteiger partial charge in [-0.25, -0.2) is 14.0 Å². The Balaban J connectivity index is 1.59. The Morgan fingerprint density at radius 2 is 1.88 bits per heavy atom. The number of piperazine rings is 1. The number of hydrogen-bond donors (Lipinski definition) is 7. The van der Waals surface area contributed by atoms with Crippen molar-refractivity contribution in [3.63, 3.8) is 0 Å². The predicted molar refractivity (Wildman–Crippen MR) is 146 cm³/mol. The number of urea groups is 1. The van der Waals surface area contributed by atoms with Crippen molar-refractivity contribution in [2.24, 2.45) is 0 Å². The molecule has 0 radical (unpaired) electrons. The summed E-state index contributed by atoms with van der Waals surface area (Å²) in [6.45, 7) is 0.461. The van der Waals surface area contributed by atoms with E-state index in [0.29, 0.717) is 11.4 Å². The molecule has 2 aromatic rings. The van der Waals surface area contributed by atoms with Gasteiger partial charge in [-0.05, 0) is 31.2 Å². The molecule has 0 aromatic heterocycles. The standard InChI is InChI=1S/C25H26BClFN5O10/c1-29-6-7-32-8-9-33(23(38)22(32)37)25(41)31-18(12-3-5-14(34)19(35)17(12)27)21(36)30-15-10-11-2-4-13(28)16(24(39)40)20(11)43-26(15)42/h2-5,15,18,29,34-35,42H,6-10H2,1H3,(H,30,36)(H,31,41)(H,39,40)/t15-,18?/m0/s1. The molecule has 2 aromatic carbocycles. The molecule has 228 valence electrons. The molecule has 1 saturated heterocycles. The van der Waals surface area contributed by atoms with Crippen molar-refractivity contribution in [1.82, 2.24) is 25.8 Å². The van der Waals surface area contributed by atoms with Crippen LogP contribution in [0.15, 0.2) is 24.3 Å². The minimum Gasteiger partial charge on any atom is -0.534 e. The van der Waals surface area contributed by atoms with Crippen molar-refractivity contribution in [2.75, 3.05) is 33.2 Å². The van der Waals surface area contributed by atoms with Gasteiger partial charge in [0.05, 0.1) is 11.0 Å². The number of carbonyl (C=O) groups excluding carboxylic acids is 4. The molecule has 2 heterocycles. The van der Waals surface area contributed by atoms with E-state index in [1.165, 1.54) is 11.0 Å². The zero-order chi connectivity index (χ0) is 31.6. The van der Waals surface area contributed by atoms with Crippen molar-refractivity contribution in [3.8, 4) is 17.2 Å². The van der Waals surface area contributed by atoms with E-state index in [4.69, 9.17) is 16.3 Å². The average Bonchev–Trinajstić information content (AvgIpc) is 2.96. The lowest BCUT2D eigenvalue weighted by atomic mass is 9.72. The van der Waals surface area contributed by atoms with Crippen LogP contribution in [0.4, 0.5) is 9.18 Å². The summed E-state index contributed by atoms with van der Waals surface area (Å²) in [6.07, 6.45) is -0.223. The molecule has 5 amide bonds. The summed E-state index contributed by atoms with van der Waals surface area (Å²) < 4.78 is 19.3. The van der Waals surface area contributed by atoms with Crippen LogP contribution in [0.5, 0.6) is 17.2 Å². The van der Waals surface area contributed by atoms with Crippen LogP contribution in [0.25, 0.3) is 0 Å². The Morgan fingerprint density at radius 1 is 1.16 bits per heavy atom. The quantitative estimate of drug-likeness (QED) is 0.112. The van der Waals surface area contributed by atoms with Crippen LogP contribution in [0.2, 0.25) is 5.02 Å². The van der Waals surface area contributed by atoms with Crippen molar-refractivity contribution in [2.45, 2.75) is 18.4 Å². The number of aromatic hydroxyl groups is 2. The molecular weight excluding hydrogens is 596 g/mol. The third-order valence-electron chi connectivity index (χ3n) is 6.90. The fourth-order valence-corrected chi connectivity index (χ4v) is 4.90. The highest BCUT2D eigenvalue weighted by Crippen LogP contribution is 2.38. The molecule has 15 nitrogen and oxygen atoms in total. The molecule has 18 heteroatoms. The van der Waals surface area contributed by atoms with Gasteiger partial charge in [0.25, 0.3) is 0 Å². The number of nitrogens with one attached hydrogen (secondary N) is 3. The van der Waals surface area contributed by atoms with Crippen LogP contribution in [-0.4, -0.2) is 106 Å². The fourth-order valence-electron chi connectivity index (χ4n) is 4.63. The van der Waals surface area contributed by atoms with E-state index in [0.717, 1.165) is 18.2 Å². The molecule has 1 fully saturated rings. The summed E-state index contributed by atoms with van der Waals surface area (Å²) in [6, 6.07) is 1.32. The maximum absolute atomic E-state index is 14.1. The largest absolute Gasteiger partial charge is 0.547 e. The van der Waals surface area contributed by atoms with Gasteiger partial charge in [-0.15, -0.1) is 0 Å². The molecule has 2 aliphatic heterocycles. The number of likely N-dealkylation sites (N-methyl/N-ethyl adjacent to an activating group) is 1. The second-order valence-corrected chi connectivity index (χ2v) is 9.99. The molecule has 0 bridgehead atoms. The van der Waals surface area contributed by atoms with Crippen LogP contribution in [0.1, 0.15) is 27.5 Å². The number of hydrogen-bond acceptors (Lipinski definition) is 10. The molecule has 2 aliphatic rings. The second kappa shape index (κ2) is 12.7. The van der Waals surface area contributed by atoms with Crippen molar-refractivity contribution in [1.29, 1.82) is 0 Å². The van der Waals surface area contributed by atoms with Crippen LogP contribution < -0.4 is 20.6 Å². The molecule has 2 atom stereocenters. The highest BCUT2D eigenvalue weighted by Gasteiger charge is 2.42. The number of carboxylic acids is 1. The number of phenolic OH excluding ortho intramolecular Hbond substituents is 2. The first kappa shape index (κ1) is 31.3. The van der Waals surface area contributed by atoms with Gasteiger partial charge in [0.1, 0.15) is 23.2 Å². The summed E-state index contributed by atoms with van der Waals surface area (Å²) in [5.74, 6) is -8.96. The van der Waals surface area contributed by atoms with Gasteiger partial charge < -0.3 is 45.8 Å². The van der Waals surface area contributed by atoms with E-state index in [2.05, 4.69) is 16.0 Å². The van der Waals surface area contributed by atoms with Crippen LogP contribution in [0, 0.1) is 5.82 Å². The van der Waals surface area contributed by atoms with Crippen LogP contribution >= 0.6 is 11.6 Å². The number of halogens is 2. The van der Waals surface area contributed by atoms with Gasteiger partial charge in [-0.1, -0.05) is 23.7 Å². The number of carboxylic acid groups (broad SMARTS) is 1. The van der Waals surface area contributed by atoms with Crippen LogP contribution in [0.3, 0.4) is 0 Å². The fraction of sp³-hybridized carbons (Fsp3) is 0.320. The van der Waals surface area contributed by atoms with Crippen molar-refractivity contribution >= 4 is 48.4 Å². The SMILES string of the molecule is CNCCN1CCN(C(=O)NC(C(=O)N[C@H]2Cc3ccc(F)c(C(=O)O)c3OB2O)c2ccc(O)c(O)c2Cl)C(=O)C1=O. The average molecular weight is 622 g/mol. The van der Waals surface area contributed by atoms with Crippen molar-refractivity contribution in [3.05, 3.63) is 51.8 Å². The lowest BCUT2D eigenvalue weighted by molar-refractivity contribution is -0.153. The van der Waals surface area contributed by atoms with E-state index >= 15 is 0 Å². The Hall–Kier alpha value is -4.61. The second-order valence-electron chi connectivity index (χ2n) is 9.61. The van der Waals surface area contributed by atoms with Crippen molar-refractivity contribution < 1.29 is 53.4 Å². The Bertz CT molecular complexity index is 1500. The summed E-state index contributed by atoms with van der Waals surface area (Å²) in [5.41, 5.74) is -0.880. The van der Waals surface area contributed by atoms with Gasteiger partial charge in [-0.3, -0.25) is 19.3 Å². The summed E-state index contributed by atoms with van der Waals surface area (Å²) in [7, 11) is -0.196. The zero-order valence-electron chi connectivity index (χ0n) is 22.5. The monoisotopic (exact) mass is 621 g/mol. The normalized spacial score (nSPS) is 17.2. The molecule has 0 aliphatic carbocycles. The third-order valence-corrected chi connectivity index (χ3v) is 7.30. The van der Waals surface area contributed by atoms with Gasteiger partial charge in [0.2, 0.25) is 5.91 Å². The topological polar surface area (TPSA) is 218 Å². The van der Waals surface area contributed by atoms with Gasteiger partial charge >= 0.3 is 30.9 Å². The number of fused-ring (bicyclic) bond motifs is 1.